The van der Waals surface area contributed by atoms with E-state index in [1.54, 1.807) is 18.2 Å². The number of rotatable bonds is 8. The SMILES string of the molecule is Nc1cc(S(=O)(=O)[O-])cc(N=N[C-](N=Nc2cc(S(=O)(=O)[O-])ccc2C(=O)O)c2ccccc2)c1O.[Cu].[H+].[H+].[H+]. The molecule has 4 N–H and O–H groups in total. The molecule has 0 saturated heterocycles. The van der Waals surface area contributed by atoms with Gasteiger partial charge in [0.25, 0.3) is 0 Å². The van der Waals surface area contributed by atoms with Crippen molar-refractivity contribution in [2.24, 2.45) is 20.5 Å². The largest absolute Gasteiger partial charge is 1.00 e. The number of anilines is 1. The van der Waals surface area contributed by atoms with E-state index >= 15 is 0 Å². The summed E-state index contributed by atoms with van der Waals surface area (Å²) < 4.78 is 68.0. The number of carbonyl (C=O) groups is 1. The third-order valence-corrected chi connectivity index (χ3v) is 6.05. The molecule has 1 radical (unpaired) electrons. The van der Waals surface area contributed by atoms with Crippen LogP contribution < -0.4 is 5.73 Å². The Kier molecular flexibility index (Phi) is 9.10. The number of phenolic OH excluding ortho intramolecular Hbond substituents is 1. The van der Waals surface area contributed by atoms with Gasteiger partial charge in [-0.2, -0.15) is 32.6 Å². The van der Waals surface area contributed by atoms with E-state index in [9.17, 15) is 40.9 Å². The molecule has 3 aromatic rings. The predicted octanol–water partition coefficient (Wildman–Crippen LogP) is 3.22. The zero-order chi connectivity index (χ0) is 26.7. The van der Waals surface area contributed by atoms with Crippen molar-refractivity contribution in [3.8, 4) is 5.75 Å². The second-order valence-electron chi connectivity index (χ2n) is 6.86. The van der Waals surface area contributed by atoms with Crippen LogP contribution in [0.3, 0.4) is 0 Å². The molecule has 0 aliphatic heterocycles. The quantitative estimate of drug-likeness (QED) is 0.0852. The normalized spacial score (nSPS) is 11.9. The van der Waals surface area contributed by atoms with Crippen LogP contribution in [0.15, 0.2) is 90.9 Å². The molecule has 0 aromatic heterocycles. The van der Waals surface area contributed by atoms with E-state index in [0.717, 1.165) is 24.3 Å². The molecule has 0 spiro atoms. The van der Waals surface area contributed by atoms with Crippen LogP contribution in [0.5, 0.6) is 5.75 Å². The summed E-state index contributed by atoms with van der Waals surface area (Å²) in [6.45, 7) is 0. The molecular weight excluding hydrogens is 582 g/mol. The number of nitrogen functional groups attached to an aromatic ring is 1. The molecule has 3 aromatic carbocycles. The Bertz CT molecular complexity index is 1610. The Hall–Kier alpha value is -3.86. The zero-order valence-electron chi connectivity index (χ0n) is 21.0. The zero-order valence-corrected chi connectivity index (χ0v) is 20.6. The van der Waals surface area contributed by atoms with E-state index in [2.05, 4.69) is 20.5 Å². The first-order valence-corrected chi connectivity index (χ1v) is 12.3. The van der Waals surface area contributed by atoms with Gasteiger partial charge in [-0.15, -0.1) is 17.7 Å². The number of nitrogens with zero attached hydrogens (tertiary/aromatic N) is 4. The monoisotopic (exact) mass is 598 g/mol. The molecule has 14 nitrogen and oxygen atoms in total. The van der Waals surface area contributed by atoms with Gasteiger partial charge in [0.2, 0.25) is 0 Å². The third kappa shape index (κ3) is 7.32. The first-order chi connectivity index (χ1) is 16.8. The maximum atomic E-state index is 11.5. The van der Waals surface area contributed by atoms with Crippen molar-refractivity contribution >= 4 is 43.3 Å². The second kappa shape index (κ2) is 11.5. The molecule has 0 unspecified atom stereocenters. The maximum absolute atomic E-state index is 11.5. The molecule has 0 atom stereocenters. The number of azo groups is 2. The summed E-state index contributed by atoms with van der Waals surface area (Å²) in [5.74, 6) is -2.17. The first-order valence-electron chi connectivity index (χ1n) is 9.45. The summed E-state index contributed by atoms with van der Waals surface area (Å²) in [5, 5.41) is 34.4. The van der Waals surface area contributed by atoms with Gasteiger partial charge < -0.3 is 25.1 Å². The van der Waals surface area contributed by atoms with Crippen molar-refractivity contribution in [3.63, 3.8) is 0 Å². The molecule has 0 aliphatic carbocycles. The van der Waals surface area contributed by atoms with Crippen LogP contribution in [-0.2, 0) is 37.3 Å². The molecular formula is C20H17CuN5O9S2. The standard InChI is InChI=1S/C20H16N5O9S2.Cu/c21-15-8-13(36(32,33)34)10-17(18(15)26)23-25-19(11-4-2-1-3-5-11)24-22-16-9-12(35(29,30)31)6-7-14(16)20(27)28;/h1-10,26H,21H2,(H,27,28)(H,29,30,31)(H,32,33,34);/q-1;/p+1. The van der Waals surface area contributed by atoms with Crippen LogP contribution >= 0.6 is 0 Å². The molecule has 0 heterocycles. The van der Waals surface area contributed by atoms with Gasteiger partial charge in [-0.3, -0.25) is 0 Å². The summed E-state index contributed by atoms with van der Waals surface area (Å²) in [4.78, 5) is 9.97. The number of carboxylic acids is 1. The number of benzene rings is 3. The van der Waals surface area contributed by atoms with E-state index in [0.29, 0.717) is 6.07 Å². The Morgan fingerprint density at radius 2 is 1.41 bits per heavy atom. The minimum Gasteiger partial charge on any atom is -0.744 e. The fourth-order valence-corrected chi connectivity index (χ4v) is 3.71. The number of phenols is 1. The van der Waals surface area contributed by atoms with Crippen LogP contribution in [0.1, 0.15) is 20.2 Å². The maximum Gasteiger partial charge on any atom is 1.00 e. The van der Waals surface area contributed by atoms with Crippen LogP contribution in [-0.4, -0.2) is 42.1 Å². The Morgan fingerprint density at radius 3 is 1.95 bits per heavy atom. The molecule has 0 fully saturated rings. The van der Waals surface area contributed by atoms with E-state index in [1.807, 2.05) is 0 Å². The topological polar surface area (TPSA) is 247 Å². The third-order valence-electron chi connectivity index (χ3n) is 4.41. The summed E-state index contributed by atoms with van der Waals surface area (Å²) in [5.41, 5.74) is 3.85. The number of hydrogen-bond donors (Lipinski definition) is 3. The van der Waals surface area contributed by atoms with Crippen LogP contribution in [0, 0.1) is 6.17 Å². The predicted molar refractivity (Wildman–Crippen MR) is 123 cm³/mol. The second-order valence-corrected chi connectivity index (χ2v) is 9.62. The molecule has 199 valence electrons. The van der Waals surface area contributed by atoms with E-state index in [1.165, 1.54) is 12.1 Å². The Morgan fingerprint density at radius 1 is 0.865 bits per heavy atom. The van der Waals surface area contributed by atoms with Crippen molar-refractivity contribution in [3.05, 3.63) is 78.0 Å². The Labute approximate surface area is 225 Å². The minimum absolute atomic E-state index is 0. The number of nitrogens with two attached hydrogens (primary N) is 1. The molecule has 17 heteroatoms. The van der Waals surface area contributed by atoms with Gasteiger partial charge in [0.15, 0.2) is 5.75 Å². The van der Waals surface area contributed by atoms with Gasteiger partial charge >= 0.3 is 10.2 Å². The average molecular weight is 599 g/mol. The summed E-state index contributed by atoms with van der Waals surface area (Å²) in [6, 6.07) is 11.6. The molecule has 0 amide bonds. The fraction of sp³-hybridized carbons (Fsp3) is 0. The van der Waals surface area contributed by atoms with Gasteiger partial charge in [-0.25, -0.2) is 21.6 Å². The Balaban J connectivity index is 0. The van der Waals surface area contributed by atoms with E-state index in [-0.39, 0.29) is 33.1 Å². The average Bonchev–Trinajstić information content (AvgIpc) is 2.80. The molecule has 3 rings (SSSR count). The first kappa shape index (κ1) is 29.4. The van der Waals surface area contributed by atoms with Gasteiger partial charge in [-0.05, 0) is 30.3 Å². The van der Waals surface area contributed by atoms with Crippen LogP contribution in [0.25, 0.3) is 0 Å². The minimum atomic E-state index is -4.95. The molecule has 0 bridgehead atoms. The van der Waals surface area contributed by atoms with Crippen molar-refractivity contribution in [2.75, 3.05) is 5.73 Å². The number of aromatic hydroxyl groups is 1. The smallest absolute Gasteiger partial charge is 0.744 e. The number of aromatic carboxylic acids is 1. The van der Waals surface area contributed by atoms with E-state index < -0.39 is 64.4 Å². The van der Waals surface area contributed by atoms with E-state index in [4.69, 9.17) is 5.73 Å². The molecule has 0 aliphatic rings. The van der Waals surface area contributed by atoms with Crippen molar-refractivity contribution in [1.29, 1.82) is 0 Å². The number of carboxylic acid groups (broad SMARTS) is 1. The van der Waals surface area contributed by atoms with Gasteiger partial charge in [-0.1, -0.05) is 6.07 Å². The molecule has 37 heavy (non-hydrogen) atoms. The van der Waals surface area contributed by atoms with Crippen molar-refractivity contribution < 1.29 is 62.3 Å². The van der Waals surface area contributed by atoms with Crippen LogP contribution in [0.2, 0.25) is 0 Å². The summed E-state index contributed by atoms with van der Waals surface area (Å²) in [6.07, 6.45) is -0.310. The van der Waals surface area contributed by atoms with Crippen molar-refractivity contribution in [1.82, 2.24) is 0 Å². The van der Waals surface area contributed by atoms with Gasteiger partial charge in [0, 0.05) is 17.1 Å². The van der Waals surface area contributed by atoms with Crippen molar-refractivity contribution in [2.45, 2.75) is 9.79 Å². The summed E-state index contributed by atoms with van der Waals surface area (Å²) >= 11 is 0. The summed E-state index contributed by atoms with van der Waals surface area (Å²) in [7, 11) is -9.89. The van der Waals surface area contributed by atoms with Crippen LogP contribution in [0.4, 0.5) is 17.1 Å². The fourth-order valence-electron chi connectivity index (χ4n) is 2.69. The van der Waals surface area contributed by atoms with Gasteiger partial charge in [0.1, 0.15) is 31.6 Å². The van der Waals surface area contributed by atoms with Gasteiger partial charge in [0.05, 0.1) is 27.2 Å². The number of hydrogen-bond acceptors (Lipinski definition) is 13. The molecule has 0 saturated carbocycles.